The number of aromatic hydroxyl groups is 1. The lowest BCUT2D eigenvalue weighted by atomic mass is 10.2. The molecule has 0 bridgehead atoms. The summed E-state index contributed by atoms with van der Waals surface area (Å²) < 4.78 is 38.7. The van der Waals surface area contributed by atoms with Gasteiger partial charge in [0.25, 0.3) is 0 Å². The van der Waals surface area contributed by atoms with Gasteiger partial charge in [-0.25, -0.2) is 13.4 Å². The lowest BCUT2D eigenvalue weighted by molar-refractivity contribution is -0.0440. The van der Waals surface area contributed by atoms with Crippen molar-refractivity contribution in [2.75, 3.05) is 25.6 Å². The maximum absolute atomic E-state index is 13.2. The quantitative estimate of drug-likeness (QED) is 0.373. The molecule has 2 unspecified atom stereocenters. The van der Waals surface area contributed by atoms with Crippen LogP contribution in [0.3, 0.4) is 0 Å². The molecule has 3 aromatic rings. The van der Waals surface area contributed by atoms with Gasteiger partial charge in [0.1, 0.15) is 0 Å². The number of phenols is 1. The first-order valence-corrected chi connectivity index (χ1v) is 13.0. The molecule has 11 heteroatoms. The van der Waals surface area contributed by atoms with Gasteiger partial charge in [-0.2, -0.15) is 9.41 Å². The first kappa shape index (κ1) is 24.1. The van der Waals surface area contributed by atoms with E-state index in [0.29, 0.717) is 35.2 Å². The highest BCUT2D eigenvalue weighted by Crippen LogP contribution is 2.29. The van der Waals surface area contributed by atoms with E-state index in [1.165, 1.54) is 28.8 Å². The zero-order valence-corrected chi connectivity index (χ0v) is 20.6. The van der Waals surface area contributed by atoms with Gasteiger partial charge in [0.2, 0.25) is 15.2 Å². The Kier molecular flexibility index (Phi) is 7.17. The maximum atomic E-state index is 13.2. The van der Waals surface area contributed by atoms with Crippen molar-refractivity contribution in [1.29, 1.82) is 0 Å². The number of anilines is 1. The van der Waals surface area contributed by atoms with Gasteiger partial charge >= 0.3 is 0 Å². The normalized spacial score (nSPS) is 19.4. The second kappa shape index (κ2) is 10.1. The van der Waals surface area contributed by atoms with Crippen molar-refractivity contribution in [1.82, 2.24) is 9.29 Å². The summed E-state index contributed by atoms with van der Waals surface area (Å²) in [6.07, 6.45) is 1.27. The molecule has 9 nitrogen and oxygen atoms in total. The van der Waals surface area contributed by atoms with Crippen molar-refractivity contribution in [2.45, 2.75) is 31.0 Å². The van der Waals surface area contributed by atoms with Crippen LogP contribution in [0.5, 0.6) is 11.5 Å². The summed E-state index contributed by atoms with van der Waals surface area (Å²) >= 11 is 1.35. The molecule has 180 valence electrons. The van der Waals surface area contributed by atoms with Crippen LogP contribution in [0.25, 0.3) is 11.3 Å². The average molecular weight is 503 g/mol. The molecule has 0 saturated carbocycles. The zero-order valence-electron chi connectivity index (χ0n) is 19.0. The van der Waals surface area contributed by atoms with Gasteiger partial charge in [0.05, 0.1) is 36.1 Å². The molecule has 34 heavy (non-hydrogen) atoms. The van der Waals surface area contributed by atoms with E-state index >= 15 is 0 Å². The number of thiazole rings is 1. The number of nitrogens with one attached hydrogen (secondary N) is 1. The molecule has 1 aliphatic rings. The van der Waals surface area contributed by atoms with Crippen LogP contribution in [0.15, 0.2) is 57.8 Å². The molecular weight excluding hydrogens is 476 g/mol. The Morgan fingerprint density at radius 1 is 1.24 bits per heavy atom. The van der Waals surface area contributed by atoms with Crippen LogP contribution < -0.4 is 10.2 Å². The molecule has 1 aromatic heterocycles. The monoisotopic (exact) mass is 502 g/mol. The van der Waals surface area contributed by atoms with Gasteiger partial charge < -0.3 is 14.6 Å². The highest BCUT2D eigenvalue weighted by Gasteiger charge is 2.32. The third-order valence-corrected chi connectivity index (χ3v) is 7.81. The van der Waals surface area contributed by atoms with E-state index in [2.05, 4.69) is 15.5 Å². The molecule has 2 atom stereocenters. The molecule has 0 amide bonds. The van der Waals surface area contributed by atoms with E-state index in [0.717, 1.165) is 5.56 Å². The smallest absolute Gasteiger partial charge is 0.243 e. The van der Waals surface area contributed by atoms with Gasteiger partial charge in [-0.15, -0.1) is 11.3 Å². The standard InChI is InChI=1S/C23H26N4O5S2/c1-15-12-27(13-16(2)32-15)34(29,30)19-6-4-5-18(10-19)20-14-33-23(25-20)26-24-11-17-7-8-21(28)22(9-17)31-3/h4-11,14-16,28H,12-13H2,1-3H3,(H,25,26). The van der Waals surface area contributed by atoms with Gasteiger partial charge in [-0.3, -0.25) is 5.43 Å². The van der Waals surface area contributed by atoms with Gasteiger partial charge in [0.15, 0.2) is 11.5 Å². The Morgan fingerprint density at radius 3 is 2.74 bits per heavy atom. The highest BCUT2D eigenvalue weighted by molar-refractivity contribution is 7.89. The van der Waals surface area contributed by atoms with Crippen LogP contribution in [-0.2, 0) is 14.8 Å². The van der Waals surface area contributed by atoms with Crippen molar-refractivity contribution in [2.24, 2.45) is 5.10 Å². The van der Waals surface area contributed by atoms with Crippen LogP contribution in [0, 0.1) is 0 Å². The van der Waals surface area contributed by atoms with E-state index in [9.17, 15) is 13.5 Å². The molecular formula is C23H26N4O5S2. The largest absolute Gasteiger partial charge is 0.504 e. The van der Waals surface area contributed by atoms with Crippen molar-refractivity contribution in [3.8, 4) is 22.8 Å². The van der Waals surface area contributed by atoms with Crippen molar-refractivity contribution < 1.29 is 23.0 Å². The fraction of sp³-hybridized carbons (Fsp3) is 0.304. The van der Waals surface area contributed by atoms with E-state index in [1.54, 1.807) is 36.5 Å². The summed E-state index contributed by atoms with van der Waals surface area (Å²) in [5.74, 6) is 0.412. The van der Waals surface area contributed by atoms with Crippen molar-refractivity contribution in [3.05, 3.63) is 53.4 Å². The van der Waals surface area contributed by atoms with Crippen LogP contribution >= 0.6 is 11.3 Å². The predicted octanol–water partition coefficient (Wildman–Crippen LogP) is 3.77. The van der Waals surface area contributed by atoms with Crippen LogP contribution in [0.4, 0.5) is 5.13 Å². The number of morpholine rings is 1. The van der Waals surface area contributed by atoms with E-state index < -0.39 is 10.0 Å². The number of hydrogen-bond donors (Lipinski definition) is 2. The Bertz CT molecular complexity index is 1280. The fourth-order valence-corrected chi connectivity index (χ4v) is 5.99. The predicted molar refractivity (Wildman–Crippen MR) is 132 cm³/mol. The SMILES string of the molecule is COc1cc(C=NNc2nc(-c3cccc(S(=O)(=O)N4CC(C)OC(C)C4)c3)cs2)ccc1O. The number of sulfonamides is 1. The zero-order chi connectivity index (χ0) is 24.3. The van der Waals surface area contributed by atoms with Crippen molar-refractivity contribution >= 4 is 32.7 Å². The molecule has 2 N–H and O–H groups in total. The molecule has 1 fully saturated rings. The second-order valence-corrected chi connectivity index (χ2v) is 10.7. The molecule has 0 radical (unpaired) electrons. The maximum Gasteiger partial charge on any atom is 0.243 e. The van der Waals surface area contributed by atoms with Gasteiger partial charge in [0, 0.05) is 24.0 Å². The number of phenolic OH excluding ortho intramolecular Hbond substituents is 1. The molecule has 0 aliphatic carbocycles. The number of methoxy groups -OCH3 is 1. The van der Waals surface area contributed by atoms with E-state index in [-0.39, 0.29) is 22.9 Å². The minimum atomic E-state index is -3.64. The van der Waals surface area contributed by atoms with Crippen LogP contribution in [0.1, 0.15) is 19.4 Å². The van der Waals surface area contributed by atoms with E-state index in [4.69, 9.17) is 9.47 Å². The van der Waals surface area contributed by atoms with Gasteiger partial charge in [-0.1, -0.05) is 12.1 Å². The lowest BCUT2D eigenvalue weighted by Crippen LogP contribution is -2.48. The highest BCUT2D eigenvalue weighted by atomic mass is 32.2. The minimum absolute atomic E-state index is 0.0547. The summed E-state index contributed by atoms with van der Waals surface area (Å²) in [4.78, 5) is 4.75. The number of ether oxygens (including phenoxy) is 2. The van der Waals surface area contributed by atoms with Gasteiger partial charge in [-0.05, 0) is 49.7 Å². The molecule has 4 rings (SSSR count). The molecule has 1 aliphatic heterocycles. The summed E-state index contributed by atoms with van der Waals surface area (Å²) in [6, 6.07) is 11.7. The number of benzene rings is 2. The Labute approximate surface area is 202 Å². The third-order valence-electron chi connectivity index (χ3n) is 5.24. The first-order chi connectivity index (χ1) is 16.3. The second-order valence-electron chi connectivity index (χ2n) is 7.95. The van der Waals surface area contributed by atoms with Crippen LogP contribution in [-0.4, -0.2) is 61.4 Å². The molecule has 1 saturated heterocycles. The Hall–Kier alpha value is -2.99. The molecule has 2 aromatic carbocycles. The third kappa shape index (κ3) is 5.39. The minimum Gasteiger partial charge on any atom is -0.504 e. The number of aromatic nitrogens is 1. The Morgan fingerprint density at radius 2 is 2.00 bits per heavy atom. The summed E-state index contributed by atoms with van der Waals surface area (Å²) in [5, 5.41) is 16.3. The fourth-order valence-electron chi connectivity index (χ4n) is 3.69. The van der Waals surface area contributed by atoms with Crippen molar-refractivity contribution in [3.63, 3.8) is 0 Å². The topological polar surface area (TPSA) is 113 Å². The number of nitrogens with zero attached hydrogens (tertiary/aromatic N) is 3. The number of rotatable bonds is 7. The van der Waals surface area contributed by atoms with E-state index in [1.807, 2.05) is 25.3 Å². The van der Waals surface area contributed by atoms with Crippen LogP contribution in [0.2, 0.25) is 0 Å². The average Bonchev–Trinajstić information content (AvgIpc) is 3.28. The first-order valence-electron chi connectivity index (χ1n) is 10.6. The summed E-state index contributed by atoms with van der Waals surface area (Å²) in [7, 11) is -2.16. The lowest BCUT2D eigenvalue weighted by Gasteiger charge is -2.34. The Balaban J connectivity index is 1.48. The number of hydrogen-bond acceptors (Lipinski definition) is 9. The summed E-state index contributed by atoms with van der Waals surface area (Å²) in [5.41, 5.74) is 4.96. The number of hydrazone groups is 1. The summed E-state index contributed by atoms with van der Waals surface area (Å²) in [6.45, 7) is 4.40. The molecule has 2 heterocycles. The molecule has 0 spiro atoms.